The van der Waals surface area contributed by atoms with Crippen LogP contribution in [-0.2, 0) is 16.1 Å². The Hall–Kier alpha value is -2.74. The van der Waals surface area contributed by atoms with E-state index in [0.29, 0.717) is 12.1 Å². The van der Waals surface area contributed by atoms with Crippen molar-refractivity contribution in [2.24, 2.45) is 5.92 Å². The number of urea groups is 1. The van der Waals surface area contributed by atoms with E-state index in [-0.39, 0.29) is 24.5 Å². The Labute approximate surface area is 170 Å². The van der Waals surface area contributed by atoms with Gasteiger partial charge in [-0.1, -0.05) is 31.9 Å². The van der Waals surface area contributed by atoms with Gasteiger partial charge in [0.25, 0.3) is 5.91 Å². The smallest absolute Gasteiger partial charge is 0.335 e. The van der Waals surface area contributed by atoms with E-state index in [0.717, 1.165) is 36.1 Å². The van der Waals surface area contributed by atoms with Gasteiger partial charge in [-0.25, -0.2) is 9.69 Å². The van der Waals surface area contributed by atoms with Gasteiger partial charge in [-0.15, -0.1) is 0 Å². The molecule has 0 radical (unpaired) electrons. The summed E-state index contributed by atoms with van der Waals surface area (Å²) in [6, 6.07) is 6.40. The van der Waals surface area contributed by atoms with Crippen LogP contribution < -0.4 is 5.32 Å². The minimum atomic E-state index is -0.755. The van der Waals surface area contributed by atoms with E-state index in [2.05, 4.69) is 5.32 Å². The van der Waals surface area contributed by atoms with Crippen LogP contribution in [0, 0.1) is 5.92 Å². The first-order valence-corrected chi connectivity index (χ1v) is 10.0. The summed E-state index contributed by atoms with van der Waals surface area (Å²) in [6.45, 7) is 2.55. The summed E-state index contributed by atoms with van der Waals surface area (Å²) in [6.07, 6.45) is 3.77. The number of carbonyl (C=O) groups is 4. The molecule has 0 unspecified atom stereocenters. The highest BCUT2D eigenvalue weighted by Gasteiger charge is 2.49. The number of hydrogen-bond donors (Lipinski definition) is 1. The largest absolute Gasteiger partial charge is 0.355 e. The molecule has 3 rings (SSSR count). The van der Waals surface area contributed by atoms with Crippen LogP contribution in [-0.4, -0.2) is 65.3 Å². The first kappa shape index (κ1) is 21.0. The minimum absolute atomic E-state index is 0.0399. The number of nitrogens with one attached hydrogen (secondary N) is 1. The maximum absolute atomic E-state index is 12.9. The molecule has 5 amide bonds. The molecule has 2 atom stereocenters. The Kier molecular flexibility index (Phi) is 6.32. The minimum Gasteiger partial charge on any atom is -0.355 e. The Morgan fingerprint density at radius 1 is 1.10 bits per heavy atom. The van der Waals surface area contributed by atoms with E-state index in [1.165, 1.54) is 4.90 Å². The van der Waals surface area contributed by atoms with E-state index in [1.54, 1.807) is 31.1 Å². The zero-order chi connectivity index (χ0) is 21.1. The summed E-state index contributed by atoms with van der Waals surface area (Å²) >= 11 is 0. The van der Waals surface area contributed by atoms with Crippen molar-refractivity contribution >= 4 is 23.8 Å². The Morgan fingerprint density at radius 2 is 1.76 bits per heavy atom. The van der Waals surface area contributed by atoms with Gasteiger partial charge in [0.2, 0.25) is 0 Å². The van der Waals surface area contributed by atoms with Crippen molar-refractivity contribution in [3.05, 3.63) is 35.4 Å². The molecule has 2 aliphatic rings. The van der Waals surface area contributed by atoms with Gasteiger partial charge < -0.3 is 5.32 Å². The zero-order valence-electron chi connectivity index (χ0n) is 17.2. The fourth-order valence-electron chi connectivity index (χ4n) is 4.13. The molecule has 0 aromatic heterocycles. The summed E-state index contributed by atoms with van der Waals surface area (Å²) in [4.78, 5) is 53.4. The van der Waals surface area contributed by atoms with Crippen LogP contribution in [0.25, 0.3) is 0 Å². The quantitative estimate of drug-likeness (QED) is 0.581. The molecule has 1 aromatic carbocycles. The summed E-state index contributed by atoms with van der Waals surface area (Å²) < 4.78 is 0. The lowest BCUT2D eigenvalue weighted by atomic mass is 9.85. The van der Waals surface area contributed by atoms with Gasteiger partial charge in [0.05, 0.1) is 6.67 Å². The molecule has 1 heterocycles. The summed E-state index contributed by atoms with van der Waals surface area (Å²) in [5.41, 5.74) is 1.50. The van der Waals surface area contributed by atoms with Gasteiger partial charge >= 0.3 is 17.8 Å². The first-order chi connectivity index (χ1) is 13.8. The van der Waals surface area contributed by atoms with Gasteiger partial charge in [-0.05, 0) is 43.5 Å². The van der Waals surface area contributed by atoms with E-state index < -0.39 is 17.8 Å². The average Bonchev–Trinajstić information content (AvgIpc) is 2.92. The van der Waals surface area contributed by atoms with Gasteiger partial charge in [-0.3, -0.25) is 24.2 Å². The second kappa shape index (κ2) is 8.73. The maximum Gasteiger partial charge on any atom is 0.335 e. The Bertz CT molecular complexity index is 807. The number of carbonyl (C=O) groups excluding carboxylic acids is 4. The maximum atomic E-state index is 12.9. The molecule has 1 aliphatic carbocycles. The highest BCUT2D eigenvalue weighted by atomic mass is 16.2. The lowest BCUT2D eigenvalue weighted by molar-refractivity contribution is -0.145. The highest BCUT2D eigenvalue weighted by molar-refractivity contribution is 6.44. The molecular weight excluding hydrogens is 372 g/mol. The lowest BCUT2D eigenvalue weighted by Gasteiger charge is -2.34. The van der Waals surface area contributed by atoms with Crippen molar-refractivity contribution in [3.8, 4) is 0 Å². The molecule has 8 heteroatoms. The van der Waals surface area contributed by atoms with E-state index >= 15 is 0 Å². The van der Waals surface area contributed by atoms with Crippen molar-refractivity contribution < 1.29 is 19.2 Å². The molecule has 1 aliphatic heterocycles. The summed E-state index contributed by atoms with van der Waals surface area (Å²) in [7, 11) is 3.36. The van der Waals surface area contributed by atoms with E-state index in [9.17, 15) is 19.2 Å². The van der Waals surface area contributed by atoms with Gasteiger partial charge in [0.1, 0.15) is 0 Å². The Balaban J connectivity index is 1.64. The van der Waals surface area contributed by atoms with Gasteiger partial charge in [0, 0.05) is 25.2 Å². The van der Waals surface area contributed by atoms with Crippen LogP contribution in [0.3, 0.4) is 0 Å². The van der Waals surface area contributed by atoms with Crippen LogP contribution >= 0.6 is 0 Å². The van der Waals surface area contributed by atoms with Crippen molar-refractivity contribution in [2.45, 2.75) is 45.2 Å². The molecule has 1 saturated carbocycles. The number of benzene rings is 1. The third-order valence-corrected chi connectivity index (χ3v) is 5.76. The van der Waals surface area contributed by atoms with E-state index in [4.69, 9.17) is 0 Å². The highest BCUT2D eigenvalue weighted by Crippen LogP contribution is 2.31. The molecule has 0 bridgehead atoms. The van der Waals surface area contributed by atoms with Crippen LogP contribution in [0.15, 0.2) is 24.3 Å². The fraction of sp³-hybridized carbons (Fsp3) is 0.524. The van der Waals surface area contributed by atoms with E-state index in [1.807, 2.05) is 19.1 Å². The van der Waals surface area contributed by atoms with Crippen LogP contribution in [0.2, 0.25) is 0 Å². The number of imide groups is 2. The predicted molar refractivity (Wildman–Crippen MR) is 107 cm³/mol. The number of amides is 5. The second-order valence-electron chi connectivity index (χ2n) is 7.95. The van der Waals surface area contributed by atoms with Gasteiger partial charge in [0.15, 0.2) is 0 Å². The van der Waals surface area contributed by atoms with Crippen molar-refractivity contribution in [2.75, 3.05) is 20.8 Å². The standard InChI is InChI=1S/C21H28N4O4/c1-14-6-4-5-7-17(14)25-20(28)19(27)24(21(25)29)13-23(3)12-15-8-10-16(11-9-15)18(26)22-2/h8-11,14,17H,4-7,12-13H2,1-3H3,(H,22,26)/t14-,17-/m0/s1. The van der Waals surface area contributed by atoms with Gasteiger partial charge in [-0.2, -0.15) is 0 Å². The summed E-state index contributed by atoms with van der Waals surface area (Å²) in [5.74, 6) is -1.42. The average molecular weight is 400 g/mol. The van der Waals surface area contributed by atoms with Crippen LogP contribution in [0.1, 0.15) is 48.5 Å². The normalized spacial score (nSPS) is 22.6. The van der Waals surface area contributed by atoms with Crippen molar-refractivity contribution in [3.63, 3.8) is 0 Å². The molecule has 0 spiro atoms. The third-order valence-electron chi connectivity index (χ3n) is 5.76. The molecule has 156 valence electrons. The third kappa shape index (κ3) is 4.32. The fourth-order valence-corrected chi connectivity index (χ4v) is 4.13. The topological polar surface area (TPSA) is 90.0 Å². The van der Waals surface area contributed by atoms with Crippen LogP contribution in [0.4, 0.5) is 4.79 Å². The summed E-state index contributed by atoms with van der Waals surface area (Å²) in [5, 5.41) is 2.57. The molecule has 1 N–H and O–H groups in total. The Morgan fingerprint density at radius 3 is 2.38 bits per heavy atom. The molecular formula is C21H28N4O4. The number of hydrogen-bond acceptors (Lipinski definition) is 5. The number of rotatable bonds is 6. The monoisotopic (exact) mass is 400 g/mol. The first-order valence-electron chi connectivity index (χ1n) is 10.0. The molecule has 1 aromatic rings. The lowest BCUT2D eigenvalue weighted by Crippen LogP contribution is -2.46. The van der Waals surface area contributed by atoms with Crippen molar-refractivity contribution in [1.29, 1.82) is 0 Å². The zero-order valence-corrected chi connectivity index (χ0v) is 17.2. The predicted octanol–water partition coefficient (Wildman–Crippen LogP) is 1.80. The van der Waals surface area contributed by atoms with Crippen LogP contribution in [0.5, 0.6) is 0 Å². The number of nitrogens with zero attached hydrogens (tertiary/aromatic N) is 3. The van der Waals surface area contributed by atoms with Crippen molar-refractivity contribution in [1.82, 2.24) is 20.0 Å². The molecule has 8 nitrogen and oxygen atoms in total. The SMILES string of the molecule is CNC(=O)c1ccc(CN(C)CN2C(=O)C(=O)N([C@H]3CCCC[C@@H]3C)C2=O)cc1. The molecule has 2 fully saturated rings. The molecule has 1 saturated heterocycles. The second-order valence-corrected chi connectivity index (χ2v) is 7.95. The molecule has 29 heavy (non-hydrogen) atoms.